The standard InChI is InChI=1S/C70H121NO8/c1-6-8-10-12-14-16-18-20-22-24-26-27-28-29-30-31-32-33-34-35-36-37-38-39-40-41-43-44-46-48-50-52-54-56-58-60-67(72)77-64-66(65-78-70(69(74)75)76-63-62-71(3,4)5)79-68(73)61-59-57-55-53-51-49-47-45-42-25-23-21-19-17-15-13-11-9-7-2/h9,11,15,17-18,20-21,23-24,26,42,45,49,51,55,57,66,70H,6-8,10,12-14,16,19,22,25,27-41,43-44,46-48,50,52-54,56,58-65H2,1-5H3/p+1/b11-9-,17-15-,20-18-,23-21-,26-24-,45-42-,51-49-,57-55-. The predicted octanol–water partition coefficient (Wildman–Crippen LogP) is 19.7. The molecule has 0 aromatic rings. The Bertz CT molecular complexity index is 1620. The van der Waals surface area contributed by atoms with Gasteiger partial charge in [0.15, 0.2) is 6.10 Å². The number of hydrogen-bond acceptors (Lipinski definition) is 7. The molecule has 0 rings (SSSR count). The molecule has 0 amide bonds. The van der Waals surface area contributed by atoms with E-state index in [0.717, 1.165) is 64.2 Å². The van der Waals surface area contributed by atoms with Crippen LogP contribution in [0.2, 0.25) is 0 Å². The fraction of sp³-hybridized carbons (Fsp3) is 0.729. The Morgan fingerprint density at radius 1 is 0.392 bits per heavy atom. The van der Waals surface area contributed by atoms with Crippen molar-refractivity contribution in [3.63, 3.8) is 0 Å². The first-order valence-electron chi connectivity index (χ1n) is 32.4. The largest absolute Gasteiger partial charge is 0.477 e. The lowest BCUT2D eigenvalue weighted by Crippen LogP contribution is -2.40. The molecule has 0 saturated carbocycles. The first-order valence-corrected chi connectivity index (χ1v) is 32.4. The third kappa shape index (κ3) is 61.7. The summed E-state index contributed by atoms with van der Waals surface area (Å²) in [5, 5.41) is 9.71. The fourth-order valence-corrected chi connectivity index (χ4v) is 8.90. The lowest BCUT2D eigenvalue weighted by molar-refractivity contribution is -0.870. The molecular formula is C70H122NO8+. The molecule has 0 heterocycles. The van der Waals surface area contributed by atoms with Crippen molar-refractivity contribution in [2.24, 2.45) is 0 Å². The third-order valence-electron chi connectivity index (χ3n) is 13.8. The number of hydrogen-bond donors (Lipinski definition) is 1. The van der Waals surface area contributed by atoms with Crippen LogP contribution < -0.4 is 0 Å². The number of rotatable bonds is 59. The van der Waals surface area contributed by atoms with Crippen LogP contribution in [0.25, 0.3) is 0 Å². The minimum absolute atomic E-state index is 0.132. The van der Waals surface area contributed by atoms with E-state index in [1.807, 2.05) is 33.3 Å². The van der Waals surface area contributed by atoms with Gasteiger partial charge in [-0.25, -0.2) is 4.79 Å². The molecule has 0 fully saturated rings. The van der Waals surface area contributed by atoms with E-state index in [-0.39, 0.29) is 38.6 Å². The molecule has 0 radical (unpaired) electrons. The van der Waals surface area contributed by atoms with Crippen LogP contribution in [-0.4, -0.2) is 87.4 Å². The molecule has 1 N–H and O–H groups in total. The Hall–Kier alpha value is -3.79. The lowest BCUT2D eigenvalue weighted by atomic mass is 10.0. The highest BCUT2D eigenvalue weighted by molar-refractivity contribution is 5.71. The van der Waals surface area contributed by atoms with E-state index in [9.17, 15) is 19.5 Å². The van der Waals surface area contributed by atoms with Crippen LogP contribution in [0.3, 0.4) is 0 Å². The number of carbonyl (C=O) groups is 3. The molecule has 0 aliphatic heterocycles. The zero-order chi connectivity index (χ0) is 57.6. The highest BCUT2D eigenvalue weighted by Crippen LogP contribution is 2.17. The molecule has 2 atom stereocenters. The molecule has 9 nitrogen and oxygen atoms in total. The number of carbonyl (C=O) groups excluding carboxylic acids is 2. The van der Waals surface area contributed by atoms with Crippen molar-refractivity contribution < 1.29 is 42.9 Å². The molecule has 454 valence electrons. The summed E-state index contributed by atoms with van der Waals surface area (Å²) in [6, 6.07) is 0. The van der Waals surface area contributed by atoms with Gasteiger partial charge >= 0.3 is 17.9 Å². The summed E-state index contributed by atoms with van der Waals surface area (Å²) in [5.74, 6) is -2.12. The number of aliphatic carboxylic acids is 1. The molecule has 0 spiro atoms. The van der Waals surface area contributed by atoms with Crippen molar-refractivity contribution in [2.45, 2.75) is 283 Å². The smallest absolute Gasteiger partial charge is 0.361 e. The van der Waals surface area contributed by atoms with Crippen LogP contribution in [0.15, 0.2) is 97.2 Å². The van der Waals surface area contributed by atoms with Crippen molar-refractivity contribution in [3.05, 3.63) is 97.2 Å². The highest BCUT2D eigenvalue weighted by atomic mass is 16.7. The van der Waals surface area contributed by atoms with E-state index in [2.05, 4.69) is 98.9 Å². The molecule has 0 aromatic heterocycles. The van der Waals surface area contributed by atoms with Gasteiger partial charge in [-0.2, -0.15) is 0 Å². The summed E-state index contributed by atoms with van der Waals surface area (Å²) >= 11 is 0. The van der Waals surface area contributed by atoms with Gasteiger partial charge in [-0.1, -0.05) is 272 Å². The van der Waals surface area contributed by atoms with Gasteiger partial charge in [-0.15, -0.1) is 0 Å². The second-order valence-corrected chi connectivity index (χ2v) is 22.7. The maximum atomic E-state index is 12.8. The van der Waals surface area contributed by atoms with E-state index >= 15 is 0 Å². The van der Waals surface area contributed by atoms with Crippen molar-refractivity contribution in [3.8, 4) is 0 Å². The summed E-state index contributed by atoms with van der Waals surface area (Å²) in [5.41, 5.74) is 0. The zero-order valence-electron chi connectivity index (χ0n) is 51.8. The molecule has 0 bridgehead atoms. The summed E-state index contributed by atoms with van der Waals surface area (Å²) in [6.07, 6.45) is 79.7. The average Bonchev–Trinajstić information content (AvgIpc) is 3.42. The molecule has 0 saturated heterocycles. The van der Waals surface area contributed by atoms with Crippen molar-refractivity contribution in [2.75, 3.05) is 47.5 Å². The number of allylic oxidation sites excluding steroid dienone is 16. The Labute approximate surface area is 486 Å². The summed E-state index contributed by atoms with van der Waals surface area (Å²) in [6.45, 7) is 4.68. The van der Waals surface area contributed by atoms with Crippen molar-refractivity contribution >= 4 is 17.9 Å². The Kier molecular flexibility index (Phi) is 57.4. The number of likely N-dealkylation sites (N-methyl/N-ethyl adjacent to an activating group) is 1. The van der Waals surface area contributed by atoms with E-state index in [0.29, 0.717) is 17.4 Å². The molecule has 0 aliphatic carbocycles. The van der Waals surface area contributed by atoms with Gasteiger partial charge in [0.05, 0.1) is 34.4 Å². The molecule has 0 aromatic carbocycles. The fourth-order valence-electron chi connectivity index (χ4n) is 8.90. The number of ether oxygens (including phenoxy) is 4. The summed E-state index contributed by atoms with van der Waals surface area (Å²) < 4.78 is 22.8. The van der Waals surface area contributed by atoms with Crippen LogP contribution in [0.5, 0.6) is 0 Å². The van der Waals surface area contributed by atoms with Gasteiger partial charge in [-0.05, 0) is 83.5 Å². The van der Waals surface area contributed by atoms with E-state index < -0.39 is 24.3 Å². The normalized spacial score (nSPS) is 13.4. The van der Waals surface area contributed by atoms with E-state index in [4.69, 9.17) is 18.9 Å². The Balaban J connectivity index is 4.11. The maximum absolute atomic E-state index is 12.8. The van der Waals surface area contributed by atoms with Gasteiger partial charge in [-0.3, -0.25) is 9.59 Å². The third-order valence-corrected chi connectivity index (χ3v) is 13.8. The number of carboxylic acid groups (broad SMARTS) is 1. The predicted molar refractivity (Wildman–Crippen MR) is 336 cm³/mol. The van der Waals surface area contributed by atoms with Gasteiger partial charge in [0, 0.05) is 12.8 Å². The highest BCUT2D eigenvalue weighted by Gasteiger charge is 2.25. The zero-order valence-corrected chi connectivity index (χ0v) is 51.8. The second-order valence-electron chi connectivity index (χ2n) is 22.7. The first-order chi connectivity index (χ1) is 38.6. The van der Waals surface area contributed by atoms with Crippen LogP contribution >= 0.6 is 0 Å². The minimum atomic E-state index is -1.53. The van der Waals surface area contributed by atoms with Crippen LogP contribution in [0.4, 0.5) is 0 Å². The molecule has 0 aliphatic rings. The summed E-state index contributed by atoms with van der Waals surface area (Å²) in [7, 11) is 5.94. The quantitative estimate of drug-likeness (QED) is 0.0211. The van der Waals surface area contributed by atoms with Gasteiger partial charge < -0.3 is 28.5 Å². The average molecular weight is 1110 g/mol. The van der Waals surface area contributed by atoms with Gasteiger partial charge in [0.25, 0.3) is 6.29 Å². The topological polar surface area (TPSA) is 108 Å². The van der Waals surface area contributed by atoms with Gasteiger partial charge in [0.2, 0.25) is 0 Å². The SMILES string of the molecule is CC/C=C\C/C=C\C/C=C\C/C=C\C/C=C\C/C=C\CCC(=O)OC(COC(=O)CCCCCCCCCCCCCCCCCCCCCCCCC/C=C\C/C=C\CCCCCCC)COC(OCC[N+](C)(C)C)C(=O)O. The number of quaternary nitrogens is 1. The summed E-state index contributed by atoms with van der Waals surface area (Å²) in [4.78, 5) is 37.4. The maximum Gasteiger partial charge on any atom is 0.361 e. The number of unbranched alkanes of at least 4 members (excludes halogenated alkanes) is 28. The monoisotopic (exact) mass is 1100 g/mol. The van der Waals surface area contributed by atoms with Gasteiger partial charge in [0.1, 0.15) is 13.2 Å². The van der Waals surface area contributed by atoms with Crippen LogP contribution in [0, 0.1) is 0 Å². The Morgan fingerprint density at radius 3 is 1.13 bits per heavy atom. The number of carboxylic acids is 1. The molecule has 79 heavy (non-hydrogen) atoms. The lowest BCUT2D eigenvalue weighted by Gasteiger charge is -2.25. The molecule has 2 unspecified atom stereocenters. The second kappa shape index (κ2) is 60.3. The number of esters is 2. The molecular weight excluding hydrogens is 983 g/mol. The number of nitrogens with zero attached hydrogens (tertiary/aromatic N) is 1. The van der Waals surface area contributed by atoms with Crippen LogP contribution in [0.1, 0.15) is 271 Å². The Morgan fingerprint density at radius 2 is 0.747 bits per heavy atom. The van der Waals surface area contributed by atoms with Crippen molar-refractivity contribution in [1.82, 2.24) is 0 Å². The minimum Gasteiger partial charge on any atom is -0.477 e. The first kappa shape index (κ1) is 75.2. The van der Waals surface area contributed by atoms with Crippen LogP contribution in [-0.2, 0) is 33.3 Å². The van der Waals surface area contributed by atoms with E-state index in [1.165, 1.54) is 173 Å². The van der Waals surface area contributed by atoms with E-state index in [1.54, 1.807) is 0 Å². The van der Waals surface area contributed by atoms with Crippen molar-refractivity contribution in [1.29, 1.82) is 0 Å². The molecule has 9 heteroatoms.